The minimum atomic E-state index is -0.340. The highest BCUT2D eigenvalue weighted by Crippen LogP contribution is 2.15. The normalized spacial score (nSPS) is 10.5. The van der Waals surface area contributed by atoms with Gasteiger partial charge in [0, 0.05) is 18.3 Å². The predicted octanol–water partition coefficient (Wildman–Crippen LogP) is 1.04. The molecule has 15 heavy (non-hydrogen) atoms. The van der Waals surface area contributed by atoms with Gasteiger partial charge in [-0.25, -0.2) is 4.39 Å². The molecule has 0 bridgehead atoms. The molecule has 0 fully saturated rings. The fourth-order valence-corrected chi connectivity index (χ4v) is 1.30. The molecule has 0 aliphatic rings. The number of halogens is 1. The molecule has 0 aliphatic heterocycles. The first-order valence-corrected chi connectivity index (χ1v) is 4.64. The Bertz CT molecular complexity index is 435. The second-order valence-corrected chi connectivity index (χ2v) is 3.14. The van der Waals surface area contributed by atoms with Crippen LogP contribution in [0, 0.1) is 5.82 Å². The highest BCUT2D eigenvalue weighted by molar-refractivity contribution is 5.56. The fraction of sp³-hybridized carbons (Fsp3) is 0.200. The van der Waals surface area contributed by atoms with E-state index in [1.165, 1.54) is 12.3 Å². The van der Waals surface area contributed by atoms with Gasteiger partial charge in [0.1, 0.15) is 5.82 Å². The van der Waals surface area contributed by atoms with Gasteiger partial charge in [-0.15, -0.1) is 0 Å². The third kappa shape index (κ3) is 2.19. The SMILES string of the molecule is NCCn1cc(-c2ccc(F)cn2)cn1. The van der Waals surface area contributed by atoms with Crippen LogP contribution in [0.3, 0.4) is 0 Å². The van der Waals surface area contributed by atoms with Crippen LogP contribution in [0.1, 0.15) is 0 Å². The van der Waals surface area contributed by atoms with E-state index in [0.717, 1.165) is 5.56 Å². The van der Waals surface area contributed by atoms with Crippen molar-refractivity contribution in [2.45, 2.75) is 6.54 Å². The number of pyridine rings is 1. The van der Waals surface area contributed by atoms with Gasteiger partial charge < -0.3 is 5.73 Å². The highest BCUT2D eigenvalue weighted by atomic mass is 19.1. The molecule has 2 aromatic rings. The van der Waals surface area contributed by atoms with Crippen molar-refractivity contribution < 1.29 is 4.39 Å². The molecule has 0 spiro atoms. The number of nitrogens with zero attached hydrogens (tertiary/aromatic N) is 3. The number of hydrogen-bond acceptors (Lipinski definition) is 3. The molecule has 2 rings (SSSR count). The monoisotopic (exact) mass is 206 g/mol. The summed E-state index contributed by atoms with van der Waals surface area (Å²) in [4.78, 5) is 3.96. The Morgan fingerprint density at radius 2 is 2.20 bits per heavy atom. The zero-order valence-corrected chi connectivity index (χ0v) is 8.10. The average Bonchev–Trinajstić information content (AvgIpc) is 2.68. The largest absolute Gasteiger partial charge is 0.329 e. The molecule has 0 atom stereocenters. The lowest BCUT2D eigenvalue weighted by Crippen LogP contribution is -2.09. The second-order valence-electron chi connectivity index (χ2n) is 3.14. The molecule has 0 aromatic carbocycles. The van der Waals surface area contributed by atoms with Gasteiger partial charge in [-0.3, -0.25) is 9.67 Å². The lowest BCUT2D eigenvalue weighted by atomic mass is 10.2. The van der Waals surface area contributed by atoms with Crippen LogP contribution in [0.15, 0.2) is 30.7 Å². The van der Waals surface area contributed by atoms with E-state index in [9.17, 15) is 4.39 Å². The first kappa shape index (κ1) is 9.79. The van der Waals surface area contributed by atoms with E-state index in [1.807, 2.05) is 6.20 Å². The van der Waals surface area contributed by atoms with Crippen molar-refractivity contribution in [3.63, 3.8) is 0 Å². The minimum absolute atomic E-state index is 0.340. The number of aromatic nitrogens is 3. The summed E-state index contributed by atoms with van der Waals surface area (Å²) in [6.07, 6.45) is 4.72. The summed E-state index contributed by atoms with van der Waals surface area (Å²) in [6.45, 7) is 1.21. The molecule has 4 nitrogen and oxygen atoms in total. The molecule has 0 saturated carbocycles. The van der Waals surface area contributed by atoms with Crippen molar-refractivity contribution >= 4 is 0 Å². The smallest absolute Gasteiger partial charge is 0.141 e. The predicted molar refractivity (Wildman–Crippen MR) is 54.5 cm³/mol. The van der Waals surface area contributed by atoms with Crippen LogP contribution in [-0.2, 0) is 6.54 Å². The molecule has 2 aromatic heterocycles. The first-order valence-electron chi connectivity index (χ1n) is 4.64. The average molecular weight is 206 g/mol. The molecule has 0 saturated heterocycles. The van der Waals surface area contributed by atoms with Gasteiger partial charge in [0.2, 0.25) is 0 Å². The Morgan fingerprint density at radius 3 is 2.87 bits per heavy atom. The van der Waals surface area contributed by atoms with E-state index in [0.29, 0.717) is 18.8 Å². The number of nitrogens with two attached hydrogens (primary N) is 1. The molecule has 0 aliphatic carbocycles. The Labute approximate surface area is 86.6 Å². The second kappa shape index (κ2) is 4.18. The van der Waals surface area contributed by atoms with Crippen LogP contribution in [-0.4, -0.2) is 21.3 Å². The Balaban J connectivity index is 2.25. The molecular formula is C10H11FN4. The van der Waals surface area contributed by atoms with Crippen molar-refractivity contribution in [1.82, 2.24) is 14.8 Å². The summed E-state index contributed by atoms with van der Waals surface area (Å²) in [5.74, 6) is -0.340. The molecule has 0 unspecified atom stereocenters. The van der Waals surface area contributed by atoms with E-state index >= 15 is 0 Å². The standard InChI is InChI=1S/C10H11FN4/c11-9-1-2-10(13-6-9)8-5-14-15(7-8)4-3-12/h1-2,5-7H,3-4,12H2. The molecule has 2 N–H and O–H groups in total. The third-order valence-electron chi connectivity index (χ3n) is 2.01. The minimum Gasteiger partial charge on any atom is -0.329 e. The fourth-order valence-electron chi connectivity index (χ4n) is 1.30. The van der Waals surface area contributed by atoms with Crippen molar-refractivity contribution in [3.05, 3.63) is 36.5 Å². The van der Waals surface area contributed by atoms with Crippen LogP contribution in [0.4, 0.5) is 4.39 Å². The maximum Gasteiger partial charge on any atom is 0.141 e. The summed E-state index contributed by atoms with van der Waals surface area (Å²) in [6, 6.07) is 3.00. The van der Waals surface area contributed by atoms with E-state index in [4.69, 9.17) is 5.73 Å². The van der Waals surface area contributed by atoms with Crippen LogP contribution in [0.5, 0.6) is 0 Å². The van der Waals surface area contributed by atoms with Crippen molar-refractivity contribution in [2.24, 2.45) is 5.73 Å². The molecule has 78 valence electrons. The third-order valence-corrected chi connectivity index (χ3v) is 2.01. The summed E-state index contributed by atoms with van der Waals surface area (Å²) in [7, 11) is 0. The van der Waals surface area contributed by atoms with E-state index in [-0.39, 0.29) is 5.82 Å². The zero-order chi connectivity index (χ0) is 10.7. The van der Waals surface area contributed by atoms with Crippen LogP contribution < -0.4 is 5.73 Å². The van der Waals surface area contributed by atoms with Gasteiger partial charge in [0.25, 0.3) is 0 Å². The van der Waals surface area contributed by atoms with E-state index < -0.39 is 0 Å². The number of hydrogen-bond donors (Lipinski definition) is 1. The Hall–Kier alpha value is -1.75. The van der Waals surface area contributed by atoms with Crippen molar-refractivity contribution in [1.29, 1.82) is 0 Å². The maximum absolute atomic E-state index is 12.6. The van der Waals surface area contributed by atoms with Gasteiger partial charge in [-0.1, -0.05) is 0 Å². The highest BCUT2D eigenvalue weighted by Gasteiger charge is 2.02. The van der Waals surface area contributed by atoms with Crippen molar-refractivity contribution in [3.8, 4) is 11.3 Å². The molecule has 0 amide bonds. The maximum atomic E-state index is 12.6. The van der Waals surface area contributed by atoms with Gasteiger partial charge in [-0.2, -0.15) is 5.10 Å². The first-order chi connectivity index (χ1) is 7.29. The molecule has 5 heteroatoms. The Morgan fingerprint density at radius 1 is 1.33 bits per heavy atom. The summed E-state index contributed by atoms with van der Waals surface area (Å²) in [5, 5.41) is 4.11. The van der Waals surface area contributed by atoms with Crippen LogP contribution in [0.25, 0.3) is 11.3 Å². The van der Waals surface area contributed by atoms with Gasteiger partial charge in [-0.05, 0) is 12.1 Å². The molecule has 0 radical (unpaired) electrons. The summed E-state index contributed by atoms with van der Waals surface area (Å²) < 4.78 is 14.4. The van der Waals surface area contributed by atoms with Crippen LogP contribution >= 0.6 is 0 Å². The lowest BCUT2D eigenvalue weighted by Gasteiger charge is -1.96. The zero-order valence-electron chi connectivity index (χ0n) is 8.10. The van der Waals surface area contributed by atoms with E-state index in [2.05, 4.69) is 10.1 Å². The molecular weight excluding hydrogens is 195 g/mol. The summed E-state index contributed by atoms with van der Waals surface area (Å²) in [5.41, 5.74) is 6.97. The quantitative estimate of drug-likeness (QED) is 0.816. The number of rotatable bonds is 3. The van der Waals surface area contributed by atoms with E-state index in [1.54, 1.807) is 16.9 Å². The molecule has 2 heterocycles. The van der Waals surface area contributed by atoms with Gasteiger partial charge in [0.05, 0.1) is 24.6 Å². The summed E-state index contributed by atoms with van der Waals surface area (Å²) >= 11 is 0. The van der Waals surface area contributed by atoms with Gasteiger partial charge >= 0.3 is 0 Å². The lowest BCUT2D eigenvalue weighted by molar-refractivity contribution is 0.621. The topological polar surface area (TPSA) is 56.7 Å². The van der Waals surface area contributed by atoms with Crippen molar-refractivity contribution in [2.75, 3.05) is 6.54 Å². The Kier molecular flexibility index (Phi) is 2.73. The van der Waals surface area contributed by atoms with Crippen LogP contribution in [0.2, 0.25) is 0 Å². The van der Waals surface area contributed by atoms with Gasteiger partial charge in [0.15, 0.2) is 0 Å².